The minimum absolute atomic E-state index is 0.139. The first kappa shape index (κ1) is 17.0. The van der Waals surface area contributed by atoms with E-state index < -0.39 is 21.0 Å². The number of aromatic nitrogens is 4. The second-order valence-corrected chi connectivity index (χ2v) is 8.06. The lowest BCUT2D eigenvalue weighted by Gasteiger charge is -2.08. The Balaban J connectivity index is 1.93. The molecule has 9 nitrogen and oxygen atoms in total. The standard InChI is InChI=1S/C17H14N4O5S/c1-26-14-5-8(27(2,24)25)3-4-9(14)15-18-10-6-12-13(7-11(10)19-15)21-17(23)16(22)20-12/h3-7H,1-2H3,(H,18,19)(H,20,22)(H,21,23). The van der Waals surface area contributed by atoms with E-state index in [-0.39, 0.29) is 4.90 Å². The van der Waals surface area contributed by atoms with Crippen LogP contribution in [0.3, 0.4) is 0 Å². The Morgan fingerprint density at radius 3 is 2.22 bits per heavy atom. The highest BCUT2D eigenvalue weighted by Gasteiger charge is 2.16. The van der Waals surface area contributed by atoms with Gasteiger partial charge in [-0.2, -0.15) is 0 Å². The molecule has 0 radical (unpaired) electrons. The third-order valence-electron chi connectivity index (χ3n) is 4.18. The van der Waals surface area contributed by atoms with Gasteiger partial charge in [0.05, 0.1) is 39.6 Å². The fraction of sp³-hybridized carbons (Fsp3) is 0.118. The minimum Gasteiger partial charge on any atom is -0.496 e. The van der Waals surface area contributed by atoms with E-state index in [1.54, 1.807) is 18.2 Å². The molecule has 0 saturated heterocycles. The Kier molecular flexibility index (Phi) is 3.67. The number of imidazole rings is 1. The molecule has 27 heavy (non-hydrogen) atoms. The molecule has 3 N–H and O–H groups in total. The third kappa shape index (κ3) is 2.89. The van der Waals surface area contributed by atoms with Crippen LogP contribution >= 0.6 is 0 Å². The predicted octanol–water partition coefficient (Wildman–Crippen LogP) is 1.17. The predicted molar refractivity (Wildman–Crippen MR) is 99.9 cm³/mol. The van der Waals surface area contributed by atoms with Gasteiger partial charge in [-0.05, 0) is 30.3 Å². The van der Waals surface area contributed by atoms with E-state index in [0.717, 1.165) is 6.26 Å². The number of fused-ring (bicyclic) bond motifs is 2. The summed E-state index contributed by atoms with van der Waals surface area (Å²) < 4.78 is 28.8. The molecule has 0 aliphatic carbocycles. The van der Waals surface area contributed by atoms with Crippen LogP contribution in [-0.4, -0.2) is 41.7 Å². The minimum atomic E-state index is -3.37. The third-order valence-corrected chi connectivity index (χ3v) is 5.29. The Morgan fingerprint density at radius 2 is 1.59 bits per heavy atom. The van der Waals surface area contributed by atoms with Crippen LogP contribution < -0.4 is 15.9 Å². The van der Waals surface area contributed by atoms with Gasteiger partial charge in [0.15, 0.2) is 9.84 Å². The van der Waals surface area contributed by atoms with Gasteiger partial charge in [0.1, 0.15) is 11.6 Å². The average Bonchev–Trinajstić information content (AvgIpc) is 3.02. The summed E-state index contributed by atoms with van der Waals surface area (Å²) in [6, 6.07) is 7.82. The van der Waals surface area contributed by atoms with Crippen molar-refractivity contribution in [3.8, 4) is 17.1 Å². The van der Waals surface area contributed by atoms with Crippen molar-refractivity contribution < 1.29 is 13.2 Å². The van der Waals surface area contributed by atoms with Gasteiger partial charge in [0.25, 0.3) is 0 Å². The zero-order chi connectivity index (χ0) is 19.3. The monoisotopic (exact) mass is 386 g/mol. The summed E-state index contributed by atoms with van der Waals surface area (Å²) in [6.07, 6.45) is 1.12. The van der Waals surface area contributed by atoms with Crippen LogP contribution in [0.25, 0.3) is 33.5 Å². The molecule has 0 bridgehead atoms. The second kappa shape index (κ2) is 5.81. The van der Waals surface area contributed by atoms with Crippen LogP contribution in [0.4, 0.5) is 0 Å². The lowest BCUT2D eigenvalue weighted by atomic mass is 10.2. The van der Waals surface area contributed by atoms with Gasteiger partial charge >= 0.3 is 11.1 Å². The number of sulfone groups is 1. The Morgan fingerprint density at radius 1 is 0.926 bits per heavy atom. The van der Waals surface area contributed by atoms with Crippen LogP contribution in [0.1, 0.15) is 0 Å². The molecule has 0 aliphatic heterocycles. The van der Waals surface area contributed by atoms with Gasteiger partial charge < -0.3 is 19.7 Å². The Hall–Kier alpha value is -3.40. The molecule has 0 fully saturated rings. The number of rotatable bonds is 3. The Labute approximate surface area is 152 Å². The number of benzene rings is 2. The molecular weight excluding hydrogens is 372 g/mol. The summed E-state index contributed by atoms with van der Waals surface area (Å²) in [5.41, 5.74) is 1.21. The van der Waals surface area contributed by atoms with E-state index in [1.807, 2.05) is 0 Å². The molecule has 0 amide bonds. The fourth-order valence-electron chi connectivity index (χ4n) is 2.85. The highest BCUT2D eigenvalue weighted by molar-refractivity contribution is 7.90. The normalized spacial score (nSPS) is 11.9. The Bertz CT molecular complexity index is 1360. The summed E-state index contributed by atoms with van der Waals surface area (Å²) in [7, 11) is -1.93. The van der Waals surface area contributed by atoms with Crippen molar-refractivity contribution in [2.24, 2.45) is 0 Å². The smallest absolute Gasteiger partial charge is 0.314 e. The van der Waals surface area contributed by atoms with Crippen LogP contribution in [0.5, 0.6) is 5.75 Å². The molecule has 4 aromatic rings. The van der Waals surface area contributed by atoms with E-state index in [9.17, 15) is 18.0 Å². The zero-order valence-electron chi connectivity index (χ0n) is 14.3. The number of ether oxygens (including phenoxy) is 1. The van der Waals surface area contributed by atoms with Gasteiger partial charge in [0.2, 0.25) is 0 Å². The first-order valence-corrected chi connectivity index (χ1v) is 9.70. The van der Waals surface area contributed by atoms with Gasteiger partial charge in [-0.25, -0.2) is 13.4 Å². The molecule has 0 atom stereocenters. The van der Waals surface area contributed by atoms with Crippen molar-refractivity contribution in [1.82, 2.24) is 19.9 Å². The molecule has 0 aliphatic rings. The second-order valence-electron chi connectivity index (χ2n) is 6.04. The maximum Gasteiger partial charge on any atom is 0.314 e. The molecule has 2 heterocycles. The SMILES string of the molecule is COc1cc(S(C)(=O)=O)ccc1-c1nc2cc3[nH]c(=O)c(=O)[nH]c3cc2[nH]1. The average molecular weight is 386 g/mol. The lowest BCUT2D eigenvalue weighted by molar-refractivity contribution is 0.415. The van der Waals surface area contributed by atoms with Crippen LogP contribution in [0.2, 0.25) is 0 Å². The number of hydrogen-bond donors (Lipinski definition) is 3. The number of nitrogens with one attached hydrogen (secondary N) is 3. The lowest BCUT2D eigenvalue weighted by Crippen LogP contribution is -2.28. The van der Waals surface area contributed by atoms with Crippen LogP contribution in [0.15, 0.2) is 44.8 Å². The summed E-state index contributed by atoms with van der Waals surface area (Å²) in [5, 5.41) is 0. The van der Waals surface area contributed by atoms with Crippen LogP contribution in [0, 0.1) is 0 Å². The number of nitrogens with zero attached hydrogens (tertiary/aromatic N) is 1. The molecule has 0 unspecified atom stereocenters. The number of H-pyrrole nitrogens is 3. The quantitative estimate of drug-likeness (QED) is 0.452. The fourth-order valence-corrected chi connectivity index (χ4v) is 3.48. The summed E-state index contributed by atoms with van der Waals surface area (Å²) in [4.78, 5) is 35.8. The van der Waals surface area contributed by atoms with E-state index >= 15 is 0 Å². The van der Waals surface area contributed by atoms with Gasteiger partial charge in [-0.15, -0.1) is 0 Å². The molecule has 0 spiro atoms. The number of methoxy groups -OCH3 is 1. The summed E-state index contributed by atoms with van der Waals surface area (Å²) >= 11 is 0. The van der Waals surface area contributed by atoms with Crippen molar-refractivity contribution >= 4 is 31.9 Å². The van der Waals surface area contributed by atoms with E-state index in [2.05, 4.69) is 19.9 Å². The maximum atomic E-state index is 11.7. The molecule has 0 saturated carbocycles. The molecule has 2 aromatic carbocycles. The molecule has 138 valence electrons. The molecule has 4 rings (SSSR count). The van der Waals surface area contributed by atoms with Crippen LogP contribution in [-0.2, 0) is 9.84 Å². The van der Waals surface area contributed by atoms with E-state index in [1.165, 1.54) is 19.2 Å². The summed E-state index contributed by atoms with van der Waals surface area (Å²) in [5.74, 6) is 0.810. The van der Waals surface area contributed by atoms with Crippen molar-refractivity contribution in [2.45, 2.75) is 4.90 Å². The van der Waals surface area contributed by atoms with Gasteiger partial charge in [-0.1, -0.05) is 0 Å². The summed E-state index contributed by atoms with van der Waals surface area (Å²) in [6.45, 7) is 0. The molecule has 10 heteroatoms. The number of hydrogen-bond acceptors (Lipinski definition) is 6. The zero-order valence-corrected chi connectivity index (χ0v) is 15.1. The van der Waals surface area contributed by atoms with Gasteiger partial charge in [0, 0.05) is 6.26 Å². The van der Waals surface area contributed by atoms with Gasteiger partial charge in [-0.3, -0.25) is 9.59 Å². The largest absolute Gasteiger partial charge is 0.496 e. The van der Waals surface area contributed by atoms with Crippen molar-refractivity contribution in [3.05, 3.63) is 51.0 Å². The van der Waals surface area contributed by atoms with Crippen molar-refractivity contribution in [3.63, 3.8) is 0 Å². The number of aromatic amines is 3. The van der Waals surface area contributed by atoms with Crippen molar-refractivity contribution in [2.75, 3.05) is 13.4 Å². The first-order valence-electron chi connectivity index (χ1n) is 7.81. The molecular formula is C17H14N4O5S. The van der Waals surface area contributed by atoms with E-state index in [0.29, 0.717) is 39.2 Å². The highest BCUT2D eigenvalue weighted by atomic mass is 32.2. The van der Waals surface area contributed by atoms with Crippen molar-refractivity contribution in [1.29, 1.82) is 0 Å². The topological polar surface area (TPSA) is 138 Å². The first-order chi connectivity index (χ1) is 12.8. The maximum absolute atomic E-state index is 11.7. The molecule has 2 aromatic heterocycles. The van der Waals surface area contributed by atoms with E-state index in [4.69, 9.17) is 4.74 Å². The highest BCUT2D eigenvalue weighted by Crippen LogP contribution is 2.32.